The number of halogens is 3. The summed E-state index contributed by atoms with van der Waals surface area (Å²) in [5.41, 5.74) is 0. The van der Waals surface area contributed by atoms with E-state index in [-0.39, 0.29) is 10.8 Å². The maximum atomic E-state index is 13.5. The minimum Gasteiger partial charge on any atom is -0.379 e. The van der Waals surface area contributed by atoms with Gasteiger partial charge >= 0.3 is 10.1 Å². The molecule has 0 spiro atoms. The van der Waals surface area contributed by atoms with Crippen LogP contribution in [-0.4, -0.2) is 14.7 Å². The predicted octanol–water partition coefficient (Wildman–Crippen LogP) is 2.60. The molecule has 3 nitrogen and oxygen atoms in total. The summed E-state index contributed by atoms with van der Waals surface area (Å²) in [6.45, 7) is 0. The highest BCUT2D eigenvalue weighted by Gasteiger charge is 2.23. The largest absolute Gasteiger partial charge is 0.379 e. The number of hydrogen-bond donors (Lipinski definition) is 0. The molecule has 0 bridgehead atoms. The lowest BCUT2D eigenvalue weighted by atomic mass is 10.1. The van der Waals surface area contributed by atoms with Gasteiger partial charge in [-0.05, 0) is 0 Å². The van der Waals surface area contributed by atoms with E-state index in [1.54, 1.807) is 0 Å². The summed E-state index contributed by atoms with van der Waals surface area (Å²) in [7, 11) is -4.05. The Morgan fingerprint density at radius 2 is 1.50 bits per heavy atom. The van der Waals surface area contributed by atoms with Gasteiger partial charge in [0.25, 0.3) is 0 Å². The van der Waals surface area contributed by atoms with E-state index in [2.05, 4.69) is 4.18 Å². The third kappa shape index (κ3) is 2.13. The zero-order chi connectivity index (χ0) is 13.5. The molecule has 96 valence electrons. The van der Waals surface area contributed by atoms with Crippen molar-refractivity contribution in [1.82, 2.24) is 0 Å². The molecular weight excluding hydrogens is 269 g/mol. The van der Waals surface area contributed by atoms with Crippen LogP contribution >= 0.6 is 0 Å². The summed E-state index contributed by atoms with van der Waals surface area (Å²) >= 11 is 0. The van der Waals surface area contributed by atoms with Crippen molar-refractivity contribution in [2.75, 3.05) is 6.26 Å². The van der Waals surface area contributed by atoms with Crippen LogP contribution < -0.4 is 4.18 Å². The summed E-state index contributed by atoms with van der Waals surface area (Å²) < 4.78 is 66.6. The highest BCUT2D eigenvalue weighted by atomic mass is 32.2. The summed E-state index contributed by atoms with van der Waals surface area (Å²) in [6, 6.07) is 5.27. The van der Waals surface area contributed by atoms with Gasteiger partial charge in [-0.3, -0.25) is 0 Å². The standard InChI is InChI=1S/C11H7F3O3S/c1-18(15,16)17-11-7-5-3-2-4-6(7)8(12)9(13)10(11)14/h2-5H,1H3. The van der Waals surface area contributed by atoms with Gasteiger partial charge in [-0.1, -0.05) is 24.3 Å². The van der Waals surface area contributed by atoms with Crippen LogP contribution in [-0.2, 0) is 10.1 Å². The fourth-order valence-electron chi connectivity index (χ4n) is 1.54. The van der Waals surface area contributed by atoms with Crippen molar-refractivity contribution in [1.29, 1.82) is 0 Å². The Morgan fingerprint density at radius 1 is 0.944 bits per heavy atom. The Bertz CT molecular complexity index is 726. The molecule has 0 fully saturated rings. The van der Waals surface area contributed by atoms with Gasteiger partial charge in [-0.15, -0.1) is 0 Å². The fourth-order valence-corrected chi connectivity index (χ4v) is 2.00. The Kier molecular flexibility index (Phi) is 2.94. The summed E-state index contributed by atoms with van der Waals surface area (Å²) in [5.74, 6) is -5.67. The second kappa shape index (κ2) is 4.16. The van der Waals surface area contributed by atoms with Crippen molar-refractivity contribution in [2.24, 2.45) is 0 Å². The average molecular weight is 276 g/mol. The molecule has 0 saturated heterocycles. The lowest BCUT2D eigenvalue weighted by molar-refractivity contribution is 0.419. The van der Waals surface area contributed by atoms with Gasteiger partial charge in [0.15, 0.2) is 17.4 Å². The molecule has 0 aromatic heterocycles. The normalized spacial score (nSPS) is 11.8. The van der Waals surface area contributed by atoms with E-state index in [0.717, 1.165) is 0 Å². The Morgan fingerprint density at radius 3 is 2.06 bits per heavy atom. The van der Waals surface area contributed by atoms with E-state index in [1.807, 2.05) is 0 Å². The number of benzene rings is 2. The van der Waals surface area contributed by atoms with Crippen LogP contribution in [0.3, 0.4) is 0 Å². The van der Waals surface area contributed by atoms with Crippen LogP contribution in [0.15, 0.2) is 24.3 Å². The van der Waals surface area contributed by atoms with Crippen LogP contribution in [0.25, 0.3) is 10.8 Å². The van der Waals surface area contributed by atoms with Crippen molar-refractivity contribution < 1.29 is 25.8 Å². The maximum absolute atomic E-state index is 13.5. The smallest absolute Gasteiger partial charge is 0.306 e. The lowest BCUT2D eigenvalue weighted by Crippen LogP contribution is -2.09. The van der Waals surface area contributed by atoms with Crippen molar-refractivity contribution in [3.8, 4) is 5.75 Å². The van der Waals surface area contributed by atoms with E-state index >= 15 is 0 Å². The third-order valence-electron chi connectivity index (χ3n) is 2.23. The van der Waals surface area contributed by atoms with Gasteiger partial charge < -0.3 is 4.18 Å². The molecule has 0 amide bonds. The number of rotatable bonds is 2. The highest BCUT2D eigenvalue weighted by molar-refractivity contribution is 7.86. The maximum Gasteiger partial charge on any atom is 0.306 e. The number of fused-ring (bicyclic) bond motifs is 1. The summed E-state index contributed by atoms with van der Waals surface area (Å²) in [6.07, 6.45) is 0.683. The van der Waals surface area contributed by atoms with Crippen molar-refractivity contribution in [3.63, 3.8) is 0 Å². The predicted molar refractivity (Wildman–Crippen MR) is 59.3 cm³/mol. The molecule has 0 aliphatic heterocycles. The molecule has 0 saturated carbocycles. The molecule has 0 atom stereocenters. The Labute approximate surface area is 101 Å². The monoisotopic (exact) mass is 276 g/mol. The molecule has 2 rings (SSSR count). The molecule has 2 aromatic carbocycles. The molecule has 0 N–H and O–H groups in total. The quantitative estimate of drug-likeness (QED) is 0.625. The molecule has 0 radical (unpaired) electrons. The first-order valence-electron chi connectivity index (χ1n) is 4.76. The molecule has 0 aliphatic rings. The van der Waals surface area contributed by atoms with E-state index in [9.17, 15) is 21.6 Å². The molecule has 18 heavy (non-hydrogen) atoms. The van der Waals surface area contributed by atoms with Crippen LogP contribution in [0.2, 0.25) is 0 Å². The first kappa shape index (κ1) is 12.7. The second-order valence-electron chi connectivity index (χ2n) is 3.60. The molecule has 7 heteroatoms. The molecule has 0 aliphatic carbocycles. The van der Waals surface area contributed by atoms with Crippen LogP contribution in [0.1, 0.15) is 0 Å². The van der Waals surface area contributed by atoms with Gasteiger partial charge in [0.1, 0.15) is 0 Å². The fraction of sp³-hybridized carbons (Fsp3) is 0.0909. The van der Waals surface area contributed by atoms with Crippen molar-refractivity contribution in [2.45, 2.75) is 0 Å². The first-order chi connectivity index (χ1) is 8.31. The SMILES string of the molecule is CS(=O)(=O)Oc1c(F)c(F)c(F)c2ccccc12. The third-order valence-corrected chi connectivity index (χ3v) is 2.70. The van der Waals surface area contributed by atoms with Crippen LogP contribution in [0.5, 0.6) is 5.75 Å². The topological polar surface area (TPSA) is 43.4 Å². The average Bonchev–Trinajstić information content (AvgIpc) is 2.31. The highest BCUT2D eigenvalue weighted by Crippen LogP contribution is 2.34. The molecule has 2 aromatic rings. The molecule has 0 heterocycles. The second-order valence-corrected chi connectivity index (χ2v) is 5.18. The van der Waals surface area contributed by atoms with Crippen LogP contribution in [0.4, 0.5) is 13.2 Å². The number of hydrogen-bond acceptors (Lipinski definition) is 3. The zero-order valence-electron chi connectivity index (χ0n) is 9.08. The van der Waals surface area contributed by atoms with Crippen molar-refractivity contribution in [3.05, 3.63) is 41.7 Å². The van der Waals surface area contributed by atoms with E-state index in [1.165, 1.54) is 24.3 Å². The lowest BCUT2D eigenvalue weighted by Gasteiger charge is -2.10. The van der Waals surface area contributed by atoms with Gasteiger partial charge in [-0.25, -0.2) is 8.78 Å². The van der Waals surface area contributed by atoms with Gasteiger partial charge in [0.05, 0.1) is 6.26 Å². The van der Waals surface area contributed by atoms with E-state index < -0.39 is 33.3 Å². The molecular formula is C11H7F3O3S. The van der Waals surface area contributed by atoms with Gasteiger partial charge in [0, 0.05) is 10.8 Å². The summed E-state index contributed by atoms with van der Waals surface area (Å²) in [5, 5.41) is -0.408. The zero-order valence-corrected chi connectivity index (χ0v) is 9.89. The van der Waals surface area contributed by atoms with Crippen molar-refractivity contribution >= 4 is 20.9 Å². The van der Waals surface area contributed by atoms with Gasteiger partial charge in [-0.2, -0.15) is 12.8 Å². The summed E-state index contributed by atoms with van der Waals surface area (Å²) in [4.78, 5) is 0. The molecule has 0 unspecified atom stereocenters. The van der Waals surface area contributed by atoms with E-state index in [0.29, 0.717) is 6.26 Å². The minimum atomic E-state index is -4.05. The van der Waals surface area contributed by atoms with E-state index in [4.69, 9.17) is 0 Å². The van der Waals surface area contributed by atoms with Gasteiger partial charge in [0.2, 0.25) is 5.82 Å². The Balaban J connectivity index is 2.87. The first-order valence-corrected chi connectivity index (χ1v) is 6.57. The Hall–Kier alpha value is -1.76. The minimum absolute atomic E-state index is 0.153. The van der Waals surface area contributed by atoms with Crippen LogP contribution in [0, 0.1) is 17.5 Å².